The molecular formula is C42H54O9. The van der Waals surface area contributed by atoms with Crippen molar-refractivity contribution in [3.63, 3.8) is 0 Å². The van der Waals surface area contributed by atoms with Crippen LogP contribution in [0.1, 0.15) is 105 Å². The van der Waals surface area contributed by atoms with E-state index in [1.165, 1.54) is 13.8 Å². The topological polar surface area (TPSA) is 122 Å². The first-order chi connectivity index (χ1) is 23.7. The molecule has 1 heterocycles. The first kappa shape index (κ1) is 37.2. The molecule has 4 aliphatic carbocycles. The number of hydrogen-bond acceptors (Lipinski definition) is 9. The largest absolute Gasteiger partial charge is 0.462 e. The van der Waals surface area contributed by atoms with Gasteiger partial charge in [0.05, 0.1) is 12.2 Å². The number of benzene rings is 1. The Labute approximate surface area is 301 Å². The highest BCUT2D eigenvalue weighted by molar-refractivity contribution is 6.40. The summed E-state index contributed by atoms with van der Waals surface area (Å²) in [6.07, 6.45) is 2.83. The number of ether oxygens (including phenoxy) is 4. The van der Waals surface area contributed by atoms with Crippen molar-refractivity contribution in [2.75, 3.05) is 6.61 Å². The summed E-state index contributed by atoms with van der Waals surface area (Å²) in [4.78, 5) is 65.3. The number of esters is 3. The van der Waals surface area contributed by atoms with Crippen LogP contribution < -0.4 is 0 Å². The highest BCUT2D eigenvalue weighted by Crippen LogP contribution is 2.74. The second-order valence-electron chi connectivity index (χ2n) is 17.6. The molecule has 1 aliphatic heterocycles. The summed E-state index contributed by atoms with van der Waals surface area (Å²) in [6.45, 7) is 21.8. The van der Waals surface area contributed by atoms with Gasteiger partial charge in [0, 0.05) is 42.9 Å². The van der Waals surface area contributed by atoms with Gasteiger partial charge >= 0.3 is 17.9 Å². The van der Waals surface area contributed by atoms with Gasteiger partial charge in [-0.25, -0.2) is 4.79 Å². The van der Waals surface area contributed by atoms with Gasteiger partial charge < -0.3 is 18.9 Å². The Balaban J connectivity index is 1.42. The average Bonchev–Trinajstić information content (AvgIpc) is 3.27. The van der Waals surface area contributed by atoms with Crippen LogP contribution in [0.25, 0.3) is 0 Å². The van der Waals surface area contributed by atoms with E-state index >= 15 is 0 Å². The zero-order valence-electron chi connectivity index (χ0n) is 31.6. The van der Waals surface area contributed by atoms with Gasteiger partial charge in [0.25, 0.3) is 0 Å². The van der Waals surface area contributed by atoms with Crippen LogP contribution in [0.5, 0.6) is 0 Å². The quantitative estimate of drug-likeness (QED) is 0.181. The van der Waals surface area contributed by atoms with Crippen LogP contribution >= 0.6 is 0 Å². The predicted molar refractivity (Wildman–Crippen MR) is 189 cm³/mol. The van der Waals surface area contributed by atoms with Crippen molar-refractivity contribution < 1.29 is 42.9 Å². The monoisotopic (exact) mass is 702 g/mol. The second kappa shape index (κ2) is 12.5. The fourth-order valence-corrected chi connectivity index (χ4v) is 11.7. The highest BCUT2D eigenvalue weighted by Gasteiger charge is 2.73. The number of carbonyl (C=O) groups is 5. The summed E-state index contributed by atoms with van der Waals surface area (Å²) in [5, 5.41) is 0. The summed E-state index contributed by atoms with van der Waals surface area (Å²) < 4.78 is 25.0. The molecule has 6 rings (SSSR count). The Bertz CT molecular complexity index is 1690. The van der Waals surface area contributed by atoms with Gasteiger partial charge in [-0.15, -0.1) is 0 Å². The average molecular weight is 703 g/mol. The lowest BCUT2D eigenvalue weighted by atomic mass is 9.36. The number of allylic oxidation sites excluding steroid dienone is 2. The first-order valence-electron chi connectivity index (χ1n) is 18.4. The van der Waals surface area contributed by atoms with Crippen LogP contribution in [0, 0.1) is 45.3 Å². The Morgan fingerprint density at radius 2 is 1.45 bits per heavy atom. The van der Waals surface area contributed by atoms with Crippen molar-refractivity contribution in [1.82, 2.24) is 0 Å². The first-order valence-corrected chi connectivity index (χ1v) is 18.4. The SMILES string of the molecule is C=C1C=C2[C@]3(C)[C@H](OC(C)=O)C[C@H]4C(C)(C)[C@H](OC(=O)c5ccccc5)C[C@H](OC(C)=O)[C@]4(C)[C@H]3CC[C@@]2(C)[C@@H]1C1COC(C)(C)C(=O)C(=O)C1. The van der Waals surface area contributed by atoms with E-state index < -0.39 is 69.1 Å². The number of rotatable bonds is 5. The minimum Gasteiger partial charge on any atom is -0.462 e. The fourth-order valence-electron chi connectivity index (χ4n) is 11.7. The van der Waals surface area contributed by atoms with E-state index in [2.05, 4.69) is 47.3 Å². The van der Waals surface area contributed by atoms with Gasteiger partial charge in [-0.1, -0.05) is 76.6 Å². The van der Waals surface area contributed by atoms with Gasteiger partial charge in [-0.05, 0) is 74.3 Å². The van der Waals surface area contributed by atoms with Crippen LogP contribution in [0.2, 0.25) is 0 Å². The molecule has 0 spiro atoms. The molecule has 1 aromatic rings. The molecule has 5 aliphatic rings. The maximum absolute atomic E-state index is 13.4. The third-order valence-electron chi connectivity index (χ3n) is 14.0. The van der Waals surface area contributed by atoms with Gasteiger partial charge in [0.15, 0.2) is 0 Å². The number of hydrogen-bond donors (Lipinski definition) is 0. The van der Waals surface area contributed by atoms with Gasteiger partial charge in [-0.2, -0.15) is 0 Å². The summed E-state index contributed by atoms with van der Waals surface area (Å²) in [6, 6.07) is 8.87. The molecule has 0 bridgehead atoms. The molecule has 0 aromatic heterocycles. The van der Waals surface area contributed by atoms with E-state index in [4.69, 9.17) is 18.9 Å². The Morgan fingerprint density at radius 1 is 0.824 bits per heavy atom. The molecule has 3 saturated carbocycles. The molecule has 51 heavy (non-hydrogen) atoms. The van der Waals surface area contributed by atoms with Gasteiger partial charge in [-0.3, -0.25) is 19.2 Å². The van der Waals surface area contributed by atoms with Crippen LogP contribution in [0.3, 0.4) is 0 Å². The molecule has 0 amide bonds. The zero-order valence-corrected chi connectivity index (χ0v) is 31.6. The molecule has 10 atom stereocenters. The molecule has 0 radical (unpaired) electrons. The lowest BCUT2D eigenvalue weighted by Gasteiger charge is -2.70. The molecule has 4 fully saturated rings. The molecule has 0 N–H and O–H groups in total. The maximum atomic E-state index is 13.4. The van der Waals surface area contributed by atoms with Crippen LogP contribution in [0.4, 0.5) is 0 Å². The lowest BCUT2D eigenvalue weighted by Crippen LogP contribution is -2.70. The van der Waals surface area contributed by atoms with Crippen LogP contribution in [-0.2, 0) is 38.1 Å². The molecule has 276 valence electrons. The van der Waals surface area contributed by atoms with Crippen LogP contribution in [0.15, 0.2) is 54.1 Å². The Kier molecular flexibility index (Phi) is 9.13. The minimum atomic E-state index is -1.19. The number of carbonyl (C=O) groups excluding carboxylic acids is 5. The minimum absolute atomic E-state index is 0.0851. The molecule has 1 aromatic carbocycles. The summed E-state index contributed by atoms with van der Waals surface area (Å²) >= 11 is 0. The van der Waals surface area contributed by atoms with E-state index in [0.717, 1.165) is 24.0 Å². The van der Waals surface area contributed by atoms with Crippen molar-refractivity contribution in [1.29, 1.82) is 0 Å². The van der Waals surface area contributed by atoms with E-state index in [1.54, 1.807) is 38.1 Å². The standard InChI is InChI=1S/C42H54O9/c1-23-18-31-40(8,35(23)27-19-28(45)36(46)39(6,7)48-22-27)17-16-29-41(9)30(20-33(42(29,31)10)49-24(2)43)38(4,5)32(21-34(41)50-25(3)44)51-37(47)26-14-12-11-13-15-26/h11-15,18,27,29-30,32-35H,1,16-17,19-22H2,2-10H3/t27?,29-,30+,32-,33-,34+,35+,40-,41-,42-/m1/s1. The maximum Gasteiger partial charge on any atom is 0.338 e. The van der Waals surface area contributed by atoms with Crippen molar-refractivity contribution in [2.24, 2.45) is 45.3 Å². The highest BCUT2D eigenvalue weighted by atomic mass is 16.6. The predicted octanol–water partition coefficient (Wildman–Crippen LogP) is 7.02. The van der Waals surface area contributed by atoms with E-state index in [0.29, 0.717) is 18.4 Å². The Morgan fingerprint density at radius 3 is 2.08 bits per heavy atom. The smallest absolute Gasteiger partial charge is 0.338 e. The third-order valence-corrected chi connectivity index (χ3v) is 14.0. The van der Waals surface area contributed by atoms with Crippen molar-refractivity contribution in [3.05, 3.63) is 59.7 Å². The van der Waals surface area contributed by atoms with Crippen molar-refractivity contribution in [2.45, 2.75) is 118 Å². The van der Waals surface area contributed by atoms with E-state index in [-0.39, 0.29) is 42.7 Å². The second-order valence-corrected chi connectivity index (χ2v) is 17.6. The zero-order chi connectivity index (χ0) is 37.5. The summed E-state index contributed by atoms with van der Waals surface area (Å²) in [7, 11) is 0. The number of Topliss-reactive ketones (excluding diaryl/α,β-unsaturated/α-hetero) is 2. The summed E-state index contributed by atoms with van der Waals surface area (Å²) in [5.74, 6) is -2.82. The van der Waals surface area contributed by atoms with Gasteiger partial charge in [0.2, 0.25) is 11.6 Å². The normalized spacial score (nSPS) is 39.7. The molecule has 9 heteroatoms. The van der Waals surface area contributed by atoms with E-state index in [1.807, 2.05) is 6.07 Å². The van der Waals surface area contributed by atoms with Crippen molar-refractivity contribution in [3.8, 4) is 0 Å². The molecule has 1 unspecified atom stereocenters. The Hall–Kier alpha value is -3.59. The number of ketones is 2. The number of fused-ring (bicyclic) bond motifs is 5. The van der Waals surface area contributed by atoms with E-state index in [9.17, 15) is 24.0 Å². The lowest BCUT2D eigenvalue weighted by molar-refractivity contribution is -0.259. The van der Waals surface area contributed by atoms with Gasteiger partial charge in [0.1, 0.15) is 23.9 Å². The molecule has 9 nitrogen and oxygen atoms in total. The van der Waals surface area contributed by atoms with Crippen molar-refractivity contribution >= 4 is 29.5 Å². The third kappa shape index (κ3) is 5.73. The fraction of sp³-hybridized carbons (Fsp3) is 0.643. The van der Waals surface area contributed by atoms with Crippen LogP contribution in [-0.4, -0.2) is 60.0 Å². The summed E-state index contributed by atoms with van der Waals surface area (Å²) in [5.41, 5.74) is -1.05. The molecular weight excluding hydrogens is 648 g/mol. The molecule has 1 saturated heterocycles.